The van der Waals surface area contributed by atoms with Crippen molar-refractivity contribution < 1.29 is 17.9 Å². The summed E-state index contributed by atoms with van der Waals surface area (Å²) >= 11 is 1.12. The number of carbonyl (C=O) groups is 1. The number of thiophene rings is 1. The van der Waals surface area contributed by atoms with Gasteiger partial charge in [0, 0.05) is 15.8 Å². The molecular formula is C19H19NO4S2. The van der Waals surface area contributed by atoms with Crippen molar-refractivity contribution in [2.45, 2.75) is 25.7 Å². The molecule has 0 bridgehead atoms. The zero-order valence-corrected chi connectivity index (χ0v) is 16.3. The Morgan fingerprint density at radius 1 is 1.12 bits per heavy atom. The largest absolute Gasteiger partial charge is 0.462 e. The van der Waals surface area contributed by atoms with Gasteiger partial charge >= 0.3 is 5.97 Å². The van der Waals surface area contributed by atoms with E-state index in [1.807, 2.05) is 26.0 Å². The minimum atomic E-state index is -3.96. The molecule has 0 atom stereocenters. The van der Waals surface area contributed by atoms with Crippen LogP contribution < -0.4 is 4.72 Å². The van der Waals surface area contributed by atoms with Crippen LogP contribution in [-0.2, 0) is 14.8 Å². The summed E-state index contributed by atoms with van der Waals surface area (Å²) < 4.78 is 34.6. The van der Waals surface area contributed by atoms with E-state index in [9.17, 15) is 13.2 Å². The van der Waals surface area contributed by atoms with Crippen molar-refractivity contribution in [2.24, 2.45) is 0 Å². The number of fused-ring (bicyclic) bond motifs is 1. The maximum atomic E-state index is 13.1. The summed E-state index contributed by atoms with van der Waals surface area (Å²) in [5.74, 6) is -0.630. The number of esters is 1. The highest BCUT2D eigenvalue weighted by atomic mass is 32.2. The summed E-state index contributed by atoms with van der Waals surface area (Å²) in [6.07, 6.45) is 0. The van der Waals surface area contributed by atoms with Crippen molar-refractivity contribution in [3.63, 3.8) is 0 Å². The lowest BCUT2D eigenvalue weighted by Crippen LogP contribution is -2.16. The van der Waals surface area contributed by atoms with Gasteiger partial charge in [-0.2, -0.15) is 0 Å². The average molecular weight is 389 g/mol. The first kappa shape index (κ1) is 18.4. The second-order valence-electron chi connectivity index (χ2n) is 5.96. The first-order valence-electron chi connectivity index (χ1n) is 8.11. The van der Waals surface area contributed by atoms with Crippen LogP contribution in [0.4, 0.5) is 5.69 Å². The van der Waals surface area contributed by atoms with Crippen LogP contribution in [-0.4, -0.2) is 21.0 Å². The van der Waals surface area contributed by atoms with Gasteiger partial charge in [0.05, 0.1) is 6.61 Å². The van der Waals surface area contributed by atoms with Crippen molar-refractivity contribution in [1.82, 2.24) is 0 Å². The number of carbonyl (C=O) groups excluding carboxylic acids is 1. The van der Waals surface area contributed by atoms with Crippen molar-refractivity contribution in [1.29, 1.82) is 0 Å². The molecule has 0 aliphatic heterocycles. The molecule has 5 nitrogen and oxygen atoms in total. The predicted molar refractivity (Wildman–Crippen MR) is 105 cm³/mol. The lowest BCUT2D eigenvalue weighted by molar-refractivity contribution is 0.0528. The Bertz CT molecular complexity index is 1060. The summed E-state index contributed by atoms with van der Waals surface area (Å²) in [6, 6.07) is 12.5. The Labute approximate surface area is 156 Å². The van der Waals surface area contributed by atoms with Crippen molar-refractivity contribution in [2.75, 3.05) is 11.3 Å². The number of nitrogens with one attached hydrogen (secondary N) is 1. The number of aryl methyl sites for hydroxylation is 2. The molecule has 0 saturated carbocycles. The van der Waals surface area contributed by atoms with Gasteiger partial charge in [0.15, 0.2) is 0 Å². The SMILES string of the molecule is CCOC(=O)c1sc2ccccc2c1S(=O)(=O)Nc1cc(C)cc(C)c1. The minimum Gasteiger partial charge on any atom is -0.462 e. The second-order valence-corrected chi connectivity index (χ2v) is 8.63. The summed E-state index contributed by atoms with van der Waals surface area (Å²) in [5.41, 5.74) is 2.36. The first-order valence-corrected chi connectivity index (χ1v) is 10.4. The maximum absolute atomic E-state index is 13.1. The molecule has 0 saturated heterocycles. The number of hydrogen-bond donors (Lipinski definition) is 1. The summed E-state index contributed by atoms with van der Waals surface area (Å²) in [6.45, 7) is 5.66. The third kappa shape index (κ3) is 3.59. The van der Waals surface area contributed by atoms with Gasteiger partial charge < -0.3 is 4.74 Å². The first-order chi connectivity index (χ1) is 12.3. The van der Waals surface area contributed by atoms with Gasteiger partial charge in [-0.15, -0.1) is 11.3 Å². The van der Waals surface area contributed by atoms with E-state index < -0.39 is 16.0 Å². The van der Waals surface area contributed by atoms with E-state index in [4.69, 9.17) is 4.74 Å². The molecule has 7 heteroatoms. The van der Waals surface area contributed by atoms with E-state index >= 15 is 0 Å². The molecule has 1 aromatic heterocycles. The monoisotopic (exact) mass is 389 g/mol. The van der Waals surface area contributed by atoms with Crippen LogP contribution in [0.25, 0.3) is 10.1 Å². The number of rotatable bonds is 5. The minimum absolute atomic E-state index is 0.0318. The molecule has 0 radical (unpaired) electrons. The lowest BCUT2D eigenvalue weighted by atomic mass is 10.1. The van der Waals surface area contributed by atoms with E-state index in [0.29, 0.717) is 11.1 Å². The normalized spacial score (nSPS) is 11.5. The smallest absolute Gasteiger partial charge is 0.349 e. The lowest BCUT2D eigenvalue weighted by Gasteiger charge is -2.11. The van der Waals surface area contributed by atoms with Gasteiger partial charge in [0.2, 0.25) is 0 Å². The molecule has 0 aliphatic rings. The van der Waals surface area contributed by atoms with E-state index in [-0.39, 0.29) is 16.4 Å². The Morgan fingerprint density at radius 2 is 1.77 bits per heavy atom. The molecule has 0 aliphatic carbocycles. The van der Waals surface area contributed by atoms with Crippen LogP contribution in [0.1, 0.15) is 27.7 Å². The molecule has 0 unspecified atom stereocenters. The number of sulfonamides is 1. The van der Waals surface area contributed by atoms with Gasteiger partial charge in [-0.3, -0.25) is 4.72 Å². The van der Waals surface area contributed by atoms with Crippen molar-refractivity contribution >= 4 is 43.1 Å². The second kappa shape index (κ2) is 7.09. The van der Waals surface area contributed by atoms with E-state index in [0.717, 1.165) is 27.2 Å². The van der Waals surface area contributed by atoms with Crippen LogP contribution in [0.2, 0.25) is 0 Å². The van der Waals surface area contributed by atoms with Gasteiger partial charge in [-0.25, -0.2) is 13.2 Å². The maximum Gasteiger partial charge on any atom is 0.349 e. The average Bonchev–Trinajstić information content (AvgIpc) is 2.94. The summed E-state index contributed by atoms with van der Waals surface area (Å²) in [5, 5.41) is 0.512. The zero-order chi connectivity index (χ0) is 18.9. The molecule has 1 N–H and O–H groups in total. The van der Waals surface area contributed by atoms with Gasteiger partial charge in [-0.1, -0.05) is 24.3 Å². The molecule has 0 amide bonds. The predicted octanol–water partition coefficient (Wildman–Crippen LogP) is 4.50. The fraction of sp³-hybridized carbons (Fsp3) is 0.211. The zero-order valence-electron chi connectivity index (χ0n) is 14.7. The van der Waals surface area contributed by atoms with Crippen LogP contribution in [0.3, 0.4) is 0 Å². The van der Waals surface area contributed by atoms with Crippen molar-refractivity contribution in [3.8, 4) is 0 Å². The number of anilines is 1. The van der Waals surface area contributed by atoms with Crippen LogP contribution in [0.15, 0.2) is 47.4 Å². The van der Waals surface area contributed by atoms with Gasteiger partial charge in [0.1, 0.15) is 9.77 Å². The van der Waals surface area contributed by atoms with Gasteiger partial charge in [-0.05, 0) is 50.1 Å². The topological polar surface area (TPSA) is 72.5 Å². The fourth-order valence-corrected chi connectivity index (χ4v) is 5.69. The molecule has 0 fully saturated rings. The highest BCUT2D eigenvalue weighted by Crippen LogP contribution is 2.36. The van der Waals surface area contributed by atoms with E-state index in [1.165, 1.54) is 0 Å². The fourth-order valence-electron chi connectivity index (χ4n) is 2.86. The van der Waals surface area contributed by atoms with Crippen LogP contribution in [0, 0.1) is 13.8 Å². The third-order valence-corrected chi connectivity index (χ3v) is 6.50. The highest BCUT2D eigenvalue weighted by Gasteiger charge is 2.29. The molecule has 0 spiro atoms. The molecule has 1 heterocycles. The Morgan fingerprint density at radius 3 is 2.42 bits per heavy atom. The molecule has 26 heavy (non-hydrogen) atoms. The highest BCUT2D eigenvalue weighted by molar-refractivity contribution is 7.93. The van der Waals surface area contributed by atoms with Crippen LogP contribution in [0.5, 0.6) is 0 Å². The van der Waals surface area contributed by atoms with E-state index in [1.54, 1.807) is 37.3 Å². The van der Waals surface area contributed by atoms with Gasteiger partial charge in [0.25, 0.3) is 10.0 Å². The Balaban J connectivity index is 2.15. The third-order valence-electron chi connectivity index (χ3n) is 3.75. The summed E-state index contributed by atoms with van der Waals surface area (Å²) in [4.78, 5) is 12.4. The Hall–Kier alpha value is -2.38. The molecule has 136 valence electrons. The van der Waals surface area contributed by atoms with E-state index in [2.05, 4.69) is 4.72 Å². The summed E-state index contributed by atoms with van der Waals surface area (Å²) in [7, 11) is -3.96. The molecular weight excluding hydrogens is 370 g/mol. The Kier molecular flexibility index (Phi) is 5.02. The van der Waals surface area contributed by atoms with Crippen LogP contribution >= 0.6 is 11.3 Å². The molecule has 3 rings (SSSR count). The number of benzene rings is 2. The quantitative estimate of drug-likeness (QED) is 0.652. The molecule has 2 aromatic carbocycles. The van der Waals surface area contributed by atoms with Crippen molar-refractivity contribution in [3.05, 3.63) is 58.5 Å². The number of ether oxygens (including phenoxy) is 1. The number of hydrogen-bond acceptors (Lipinski definition) is 5. The standard InChI is InChI=1S/C19H19NO4S2/c1-4-24-19(21)17-18(15-7-5-6-8-16(15)25-17)26(22,23)20-14-10-12(2)9-13(3)11-14/h5-11,20H,4H2,1-3H3. The molecule has 3 aromatic rings.